The van der Waals surface area contributed by atoms with Crippen LogP contribution >= 0.6 is 0 Å². The minimum Gasteiger partial charge on any atom is -0.381 e. The number of rotatable bonds is 2. The Labute approximate surface area is 73.4 Å². The van der Waals surface area contributed by atoms with Crippen LogP contribution in [0.2, 0.25) is 0 Å². The molecule has 0 heterocycles. The third-order valence-corrected chi connectivity index (χ3v) is 2.88. The van der Waals surface area contributed by atoms with Gasteiger partial charge < -0.3 is 4.74 Å². The Bertz CT molecular complexity index is 268. The lowest BCUT2D eigenvalue weighted by atomic mass is 9.98. The molecule has 0 aliphatic heterocycles. The first-order valence-corrected chi connectivity index (χ1v) is 4.36. The highest BCUT2D eigenvalue weighted by molar-refractivity contribution is 5.33. The van der Waals surface area contributed by atoms with Crippen LogP contribution in [0.3, 0.4) is 0 Å². The first-order valence-electron chi connectivity index (χ1n) is 4.36. The second-order valence-corrected chi connectivity index (χ2v) is 3.71. The van der Waals surface area contributed by atoms with Crippen LogP contribution in [0.4, 0.5) is 0 Å². The molecule has 12 heavy (non-hydrogen) atoms. The summed E-state index contributed by atoms with van der Waals surface area (Å²) in [7, 11) is 1.79. The molecule has 0 bridgehead atoms. The molecular formula is C11H14O. The molecule has 1 aliphatic carbocycles. The van der Waals surface area contributed by atoms with Crippen LogP contribution in [-0.4, -0.2) is 13.2 Å². The van der Waals surface area contributed by atoms with E-state index in [1.54, 1.807) is 7.11 Å². The van der Waals surface area contributed by atoms with Crippen molar-refractivity contribution in [3.8, 4) is 0 Å². The smallest absolute Gasteiger partial charge is 0.0675 e. The average molecular weight is 162 g/mol. The standard InChI is InChI=1S/C11H14O/c1-11(8-10(11)12-2)9-6-4-3-5-7-9/h3-7,10H,8H2,1-2H3/t10-,11+/m0/s1. The van der Waals surface area contributed by atoms with Gasteiger partial charge in [0.1, 0.15) is 0 Å². The average Bonchev–Trinajstić information content (AvgIpc) is 2.81. The minimum absolute atomic E-state index is 0.288. The predicted octanol–water partition coefficient (Wildman–Crippen LogP) is 2.36. The van der Waals surface area contributed by atoms with E-state index in [1.165, 1.54) is 5.56 Å². The lowest BCUT2D eigenvalue weighted by Gasteiger charge is -2.09. The molecule has 0 aromatic heterocycles. The van der Waals surface area contributed by atoms with Crippen LogP contribution in [0.25, 0.3) is 0 Å². The molecule has 0 radical (unpaired) electrons. The Morgan fingerprint density at radius 1 is 1.33 bits per heavy atom. The summed E-state index contributed by atoms with van der Waals surface area (Å²) in [5.74, 6) is 0. The van der Waals surface area contributed by atoms with Gasteiger partial charge in [-0.1, -0.05) is 37.3 Å². The SMILES string of the molecule is CO[C@H]1C[C@]1(C)c1ccccc1. The molecule has 2 atom stereocenters. The Morgan fingerprint density at radius 3 is 2.50 bits per heavy atom. The topological polar surface area (TPSA) is 9.23 Å². The lowest BCUT2D eigenvalue weighted by molar-refractivity contribution is 0.164. The number of hydrogen-bond donors (Lipinski definition) is 0. The van der Waals surface area contributed by atoms with Crippen molar-refractivity contribution in [2.24, 2.45) is 0 Å². The van der Waals surface area contributed by atoms with Crippen LogP contribution < -0.4 is 0 Å². The summed E-state index contributed by atoms with van der Waals surface area (Å²) in [4.78, 5) is 0. The maximum Gasteiger partial charge on any atom is 0.0675 e. The molecule has 1 aromatic rings. The first kappa shape index (κ1) is 7.81. The second kappa shape index (κ2) is 2.60. The van der Waals surface area contributed by atoms with Gasteiger partial charge in [0.2, 0.25) is 0 Å². The summed E-state index contributed by atoms with van der Waals surface area (Å²) < 4.78 is 5.33. The van der Waals surface area contributed by atoms with E-state index in [9.17, 15) is 0 Å². The van der Waals surface area contributed by atoms with Gasteiger partial charge in [-0.25, -0.2) is 0 Å². The second-order valence-electron chi connectivity index (χ2n) is 3.71. The van der Waals surface area contributed by atoms with Crippen molar-refractivity contribution in [1.29, 1.82) is 0 Å². The fraction of sp³-hybridized carbons (Fsp3) is 0.455. The maximum absolute atomic E-state index is 5.33. The van der Waals surface area contributed by atoms with Gasteiger partial charge in [-0.3, -0.25) is 0 Å². The van der Waals surface area contributed by atoms with Crippen LogP contribution in [0.15, 0.2) is 30.3 Å². The Hall–Kier alpha value is -0.820. The molecule has 0 spiro atoms. The molecule has 1 fully saturated rings. The summed E-state index contributed by atoms with van der Waals surface area (Å²) in [5.41, 5.74) is 1.69. The molecule has 0 saturated heterocycles. The molecule has 1 heteroatoms. The maximum atomic E-state index is 5.33. The highest BCUT2D eigenvalue weighted by atomic mass is 16.5. The number of methoxy groups -OCH3 is 1. The van der Waals surface area contributed by atoms with Crippen LogP contribution in [0, 0.1) is 0 Å². The normalized spacial score (nSPS) is 33.3. The van der Waals surface area contributed by atoms with E-state index >= 15 is 0 Å². The molecule has 1 saturated carbocycles. The van der Waals surface area contributed by atoms with Gasteiger partial charge in [0.05, 0.1) is 6.10 Å². The van der Waals surface area contributed by atoms with Gasteiger partial charge in [0.25, 0.3) is 0 Å². The Kier molecular flexibility index (Phi) is 1.69. The third-order valence-electron chi connectivity index (χ3n) is 2.88. The molecule has 0 unspecified atom stereocenters. The highest BCUT2D eigenvalue weighted by Gasteiger charge is 2.51. The van der Waals surface area contributed by atoms with Crippen LogP contribution in [0.1, 0.15) is 18.9 Å². The first-order chi connectivity index (χ1) is 5.77. The largest absolute Gasteiger partial charge is 0.381 e. The monoisotopic (exact) mass is 162 g/mol. The summed E-state index contributed by atoms with van der Waals surface area (Å²) in [6.07, 6.45) is 1.59. The minimum atomic E-state index is 0.288. The van der Waals surface area contributed by atoms with E-state index in [4.69, 9.17) is 4.74 Å². The van der Waals surface area contributed by atoms with Gasteiger partial charge in [-0.15, -0.1) is 0 Å². The van der Waals surface area contributed by atoms with Crippen LogP contribution in [0.5, 0.6) is 0 Å². The van der Waals surface area contributed by atoms with Crippen LogP contribution in [-0.2, 0) is 10.2 Å². The van der Waals surface area contributed by atoms with Gasteiger partial charge in [-0.2, -0.15) is 0 Å². The highest BCUT2D eigenvalue weighted by Crippen LogP contribution is 2.49. The molecule has 0 amide bonds. The third kappa shape index (κ3) is 1.05. The molecule has 1 nitrogen and oxygen atoms in total. The molecule has 1 aromatic carbocycles. The fourth-order valence-electron chi connectivity index (χ4n) is 1.79. The van der Waals surface area contributed by atoms with Gasteiger partial charge in [0, 0.05) is 12.5 Å². The Morgan fingerprint density at radius 2 is 2.00 bits per heavy atom. The van der Waals surface area contributed by atoms with Gasteiger partial charge in [-0.05, 0) is 12.0 Å². The van der Waals surface area contributed by atoms with Crippen molar-refractivity contribution in [3.63, 3.8) is 0 Å². The Balaban J connectivity index is 2.23. The number of ether oxygens (including phenoxy) is 1. The van der Waals surface area contributed by atoms with E-state index in [2.05, 4.69) is 37.3 Å². The van der Waals surface area contributed by atoms with Gasteiger partial charge >= 0.3 is 0 Å². The number of hydrogen-bond acceptors (Lipinski definition) is 1. The van der Waals surface area contributed by atoms with E-state index in [0.717, 1.165) is 6.42 Å². The van der Waals surface area contributed by atoms with Gasteiger partial charge in [0.15, 0.2) is 0 Å². The lowest BCUT2D eigenvalue weighted by Crippen LogP contribution is -2.08. The van der Waals surface area contributed by atoms with Crippen molar-refractivity contribution < 1.29 is 4.74 Å². The van der Waals surface area contributed by atoms with Crippen molar-refractivity contribution >= 4 is 0 Å². The molecule has 2 rings (SSSR count). The predicted molar refractivity (Wildman–Crippen MR) is 49.2 cm³/mol. The molecule has 0 N–H and O–H groups in total. The zero-order valence-corrected chi connectivity index (χ0v) is 7.58. The summed E-state index contributed by atoms with van der Waals surface area (Å²) in [6.45, 7) is 2.26. The van der Waals surface area contributed by atoms with E-state index in [1.807, 2.05) is 0 Å². The molecular weight excluding hydrogens is 148 g/mol. The summed E-state index contributed by atoms with van der Waals surface area (Å²) >= 11 is 0. The van der Waals surface area contributed by atoms with Crippen molar-refractivity contribution in [1.82, 2.24) is 0 Å². The zero-order chi connectivity index (χ0) is 8.60. The van der Waals surface area contributed by atoms with E-state index < -0.39 is 0 Å². The fourth-order valence-corrected chi connectivity index (χ4v) is 1.79. The quantitative estimate of drug-likeness (QED) is 0.648. The molecule has 64 valence electrons. The van der Waals surface area contributed by atoms with E-state index in [0.29, 0.717) is 6.10 Å². The zero-order valence-electron chi connectivity index (χ0n) is 7.58. The molecule has 1 aliphatic rings. The van der Waals surface area contributed by atoms with Crippen molar-refractivity contribution in [2.45, 2.75) is 24.9 Å². The van der Waals surface area contributed by atoms with Crippen molar-refractivity contribution in [3.05, 3.63) is 35.9 Å². The summed E-state index contributed by atoms with van der Waals surface area (Å²) in [6, 6.07) is 10.6. The summed E-state index contributed by atoms with van der Waals surface area (Å²) in [5, 5.41) is 0. The van der Waals surface area contributed by atoms with E-state index in [-0.39, 0.29) is 5.41 Å². The van der Waals surface area contributed by atoms with Crippen molar-refractivity contribution in [2.75, 3.05) is 7.11 Å². The number of benzene rings is 1.